The van der Waals surface area contributed by atoms with Crippen LogP contribution in [-0.2, 0) is 10.0 Å². The lowest BCUT2D eigenvalue weighted by Crippen LogP contribution is -2.24. The minimum absolute atomic E-state index is 0.155. The van der Waals surface area contributed by atoms with Crippen LogP contribution in [0.5, 0.6) is 5.75 Å². The van der Waals surface area contributed by atoms with Crippen LogP contribution in [0.4, 0.5) is 5.69 Å². The minimum Gasteiger partial charge on any atom is -0.492 e. The van der Waals surface area contributed by atoms with Gasteiger partial charge in [0, 0.05) is 16.7 Å². The summed E-state index contributed by atoms with van der Waals surface area (Å²) in [5.41, 5.74) is 0.894. The van der Waals surface area contributed by atoms with Gasteiger partial charge < -0.3 is 10.1 Å². The number of hydrogen-bond acceptors (Lipinski definition) is 4. The third-order valence-corrected chi connectivity index (χ3v) is 5.69. The van der Waals surface area contributed by atoms with Gasteiger partial charge in [-0.2, -0.15) is 0 Å². The highest BCUT2D eigenvalue weighted by molar-refractivity contribution is 9.10. The number of sulfonamides is 1. The van der Waals surface area contributed by atoms with Crippen molar-refractivity contribution in [2.24, 2.45) is 5.92 Å². The molecule has 0 aliphatic rings. The van der Waals surface area contributed by atoms with E-state index < -0.39 is 10.0 Å². The Morgan fingerprint density at radius 2 is 1.82 bits per heavy atom. The van der Waals surface area contributed by atoms with Gasteiger partial charge in [0.15, 0.2) is 0 Å². The number of ether oxygens (including phenoxy) is 1. The van der Waals surface area contributed by atoms with Gasteiger partial charge in [0.1, 0.15) is 5.75 Å². The number of rotatable bonds is 9. The number of hydrogen-bond donors (Lipinski definition) is 2. The predicted molar refractivity (Wildman–Crippen MR) is 114 cm³/mol. The molecule has 0 saturated heterocycles. The van der Waals surface area contributed by atoms with E-state index in [2.05, 4.69) is 26.0 Å². The van der Waals surface area contributed by atoms with E-state index in [-0.39, 0.29) is 10.8 Å². The fourth-order valence-electron chi connectivity index (χ4n) is 2.30. The zero-order valence-corrected chi connectivity index (χ0v) is 18.6. The molecular weight excluding hydrogens is 444 g/mol. The summed E-state index contributed by atoms with van der Waals surface area (Å²) in [6.07, 6.45) is 0.710. The van der Waals surface area contributed by atoms with Gasteiger partial charge in [-0.3, -0.25) is 4.79 Å². The summed E-state index contributed by atoms with van der Waals surface area (Å²) in [7, 11) is -3.54. The highest BCUT2D eigenvalue weighted by Gasteiger charge is 2.16. The van der Waals surface area contributed by atoms with E-state index in [4.69, 9.17) is 4.74 Å². The second-order valence-electron chi connectivity index (χ2n) is 6.72. The first-order valence-electron chi connectivity index (χ1n) is 9.06. The Labute approximate surface area is 174 Å². The quantitative estimate of drug-likeness (QED) is 0.570. The lowest BCUT2D eigenvalue weighted by molar-refractivity contribution is 0.102. The Bertz CT molecular complexity index is 912. The Morgan fingerprint density at radius 3 is 2.43 bits per heavy atom. The predicted octanol–water partition coefficient (Wildman–Crippen LogP) is 4.42. The van der Waals surface area contributed by atoms with Crippen LogP contribution in [0.1, 0.15) is 37.6 Å². The van der Waals surface area contributed by atoms with Crippen molar-refractivity contribution < 1.29 is 17.9 Å². The van der Waals surface area contributed by atoms with E-state index in [0.717, 1.165) is 4.47 Å². The lowest BCUT2D eigenvalue weighted by atomic mass is 10.1. The largest absolute Gasteiger partial charge is 0.492 e. The van der Waals surface area contributed by atoms with Crippen LogP contribution in [0.2, 0.25) is 0 Å². The van der Waals surface area contributed by atoms with Crippen molar-refractivity contribution in [2.45, 2.75) is 32.1 Å². The Hall–Kier alpha value is -1.90. The van der Waals surface area contributed by atoms with Crippen molar-refractivity contribution in [1.29, 1.82) is 0 Å². The first-order chi connectivity index (χ1) is 13.2. The molecule has 2 aromatic carbocycles. The van der Waals surface area contributed by atoms with Crippen LogP contribution >= 0.6 is 15.9 Å². The summed E-state index contributed by atoms with van der Waals surface area (Å²) >= 11 is 3.37. The van der Waals surface area contributed by atoms with E-state index in [1.807, 2.05) is 26.8 Å². The van der Waals surface area contributed by atoms with Gasteiger partial charge in [-0.25, -0.2) is 13.1 Å². The fraction of sp³-hybridized carbons (Fsp3) is 0.350. The number of carbonyl (C=O) groups excluding carboxylic acids is 1. The molecule has 1 amide bonds. The van der Waals surface area contributed by atoms with Crippen LogP contribution < -0.4 is 14.8 Å². The molecule has 0 heterocycles. The first kappa shape index (κ1) is 22.4. The molecule has 0 atom stereocenters. The van der Waals surface area contributed by atoms with E-state index in [1.54, 1.807) is 24.3 Å². The summed E-state index contributed by atoms with van der Waals surface area (Å²) in [6, 6.07) is 11.3. The van der Waals surface area contributed by atoms with Crippen LogP contribution in [0.3, 0.4) is 0 Å². The molecule has 0 aliphatic carbocycles. The molecule has 8 heteroatoms. The summed E-state index contributed by atoms with van der Waals surface area (Å²) in [4.78, 5) is 12.9. The van der Waals surface area contributed by atoms with Gasteiger partial charge in [0.05, 0.1) is 17.1 Å². The van der Waals surface area contributed by atoms with Crippen molar-refractivity contribution in [3.05, 3.63) is 52.5 Å². The molecule has 6 nitrogen and oxygen atoms in total. The standard InChI is InChI=1S/C20H25BrN2O4S/c1-4-11-22-28(25,26)17-8-6-16(7-9-17)23-20(24)18-12-15(21)5-10-19(18)27-13-14(2)3/h5-10,12,14,22H,4,11,13H2,1-3H3,(H,23,24). The molecule has 0 bridgehead atoms. The Balaban J connectivity index is 2.16. The number of benzene rings is 2. The zero-order chi connectivity index (χ0) is 20.7. The molecule has 0 saturated carbocycles. The third kappa shape index (κ3) is 6.32. The number of amides is 1. The molecule has 2 N–H and O–H groups in total. The average Bonchev–Trinajstić information content (AvgIpc) is 2.65. The number of anilines is 1. The molecule has 0 spiro atoms. The van der Waals surface area contributed by atoms with Gasteiger partial charge in [-0.1, -0.05) is 36.7 Å². The van der Waals surface area contributed by atoms with E-state index in [0.29, 0.717) is 42.5 Å². The molecule has 0 aromatic heterocycles. The molecule has 0 unspecified atom stereocenters. The summed E-state index contributed by atoms with van der Waals surface area (Å²) in [5, 5.41) is 2.78. The number of nitrogens with one attached hydrogen (secondary N) is 2. The highest BCUT2D eigenvalue weighted by atomic mass is 79.9. The zero-order valence-electron chi connectivity index (χ0n) is 16.2. The maximum absolute atomic E-state index is 12.7. The van der Waals surface area contributed by atoms with Gasteiger partial charge in [-0.05, 0) is 54.8 Å². The van der Waals surface area contributed by atoms with Crippen molar-refractivity contribution in [2.75, 3.05) is 18.5 Å². The van der Waals surface area contributed by atoms with Crippen molar-refractivity contribution >= 4 is 37.5 Å². The molecule has 2 aromatic rings. The maximum atomic E-state index is 12.7. The Kier molecular flexibility index (Phi) is 8.03. The third-order valence-electron chi connectivity index (χ3n) is 3.72. The van der Waals surface area contributed by atoms with Crippen LogP contribution in [-0.4, -0.2) is 27.5 Å². The topological polar surface area (TPSA) is 84.5 Å². The molecule has 0 aliphatic heterocycles. The second-order valence-corrected chi connectivity index (χ2v) is 9.40. The van der Waals surface area contributed by atoms with Crippen LogP contribution in [0.15, 0.2) is 51.8 Å². The minimum atomic E-state index is -3.54. The van der Waals surface area contributed by atoms with E-state index >= 15 is 0 Å². The Morgan fingerprint density at radius 1 is 1.14 bits per heavy atom. The smallest absolute Gasteiger partial charge is 0.259 e. The summed E-state index contributed by atoms with van der Waals surface area (Å²) in [6.45, 7) is 6.83. The molecule has 0 fully saturated rings. The molecule has 0 radical (unpaired) electrons. The lowest BCUT2D eigenvalue weighted by Gasteiger charge is -2.14. The van der Waals surface area contributed by atoms with Crippen LogP contribution in [0.25, 0.3) is 0 Å². The summed E-state index contributed by atoms with van der Waals surface area (Å²) in [5.74, 6) is 0.493. The van der Waals surface area contributed by atoms with Gasteiger partial charge in [0.25, 0.3) is 5.91 Å². The fourth-order valence-corrected chi connectivity index (χ4v) is 3.79. The number of halogens is 1. The summed E-state index contributed by atoms with van der Waals surface area (Å²) < 4.78 is 33.3. The van der Waals surface area contributed by atoms with E-state index in [1.165, 1.54) is 12.1 Å². The SMILES string of the molecule is CCCNS(=O)(=O)c1ccc(NC(=O)c2cc(Br)ccc2OCC(C)C)cc1. The van der Waals surface area contributed by atoms with E-state index in [9.17, 15) is 13.2 Å². The van der Waals surface area contributed by atoms with Crippen molar-refractivity contribution in [1.82, 2.24) is 4.72 Å². The molecule has 28 heavy (non-hydrogen) atoms. The first-order valence-corrected chi connectivity index (χ1v) is 11.3. The monoisotopic (exact) mass is 468 g/mol. The molecular formula is C20H25BrN2O4S. The van der Waals surface area contributed by atoms with Crippen molar-refractivity contribution in [3.8, 4) is 5.75 Å². The number of carbonyl (C=O) groups is 1. The van der Waals surface area contributed by atoms with Crippen LogP contribution in [0, 0.1) is 5.92 Å². The second kappa shape index (κ2) is 10.0. The average molecular weight is 469 g/mol. The van der Waals surface area contributed by atoms with Gasteiger partial charge in [0.2, 0.25) is 10.0 Å². The normalized spacial score (nSPS) is 11.5. The van der Waals surface area contributed by atoms with Gasteiger partial charge >= 0.3 is 0 Å². The molecule has 152 valence electrons. The highest BCUT2D eigenvalue weighted by Crippen LogP contribution is 2.25. The molecule has 2 rings (SSSR count). The van der Waals surface area contributed by atoms with Gasteiger partial charge in [-0.15, -0.1) is 0 Å². The van der Waals surface area contributed by atoms with Crippen molar-refractivity contribution in [3.63, 3.8) is 0 Å². The maximum Gasteiger partial charge on any atom is 0.259 e.